The van der Waals surface area contributed by atoms with E-state index >= 15 is 0 Å². The van der Waals surface area contributed by atoms with Gasteiger partial charge >= 0.3 is 6.18 Å². The quantitative estimate of drug-likeness (QED) is 0.238. The highest BCUT2D eigenvalue weighted by Crippen LogP contribution is 2.47. The molecule has 0 aromatic heterocycles. The van der Waals surface area contributed by atoms with Crippen LogP contribution in [0.3, 0.4) is 0 Å². The second-order valence-corrected chi connectivity index (χ2v) is 15.3. The van der Waals surface area contributed by atoms with E-state index in [9.17, 15) is 26.4 Å². The number of halogens is 3. The van der Waals surface area contributed by atoms with Crippen LogP contribution in [-0.4, -0.2) is 62.7 Å². The molecule has 2 heterocycles. The van der Waals surface area contributed by atoms with Gasteiger partial charge in [-0.05, 0) is 73.2 Å². The molecular formula is C36H46F3N5O4S. The predicted octanol–water partition coefficient (Wildman–Crippen LogP) is 6.91. The van der Waals surface area contributed by atoms with Crippen molar-refractivity contribution in [2.45, 2.75) is 84.0 Å². The number of rotatable bonds is 10. The number of benzene rings is 3. The molecule has 9 nitrogen and oxygen atoms in total. The van der Waals surface area contributed by atoms with Crippen LogP contribution >= 0.6 is 0 Å². The first-order valence-corrected chi connectivity index (χ1v) is 18.0. The number of para-hydroxylation sites is 1. The molecule has 2 atom stereocenters. The summed E-state index contributed by atoms with van der Waals surface area (Å²) in [6.07, 6.45) is -5.28. The fourth-order valence-corrected chi connectivity index (χ4v) is 8.42. The lowest BCUT2D eigenvalue weighted by molar-refractivity contribution is -0.138. The van der Waals surface area contributed by atoms with Crippen LogP contribution in [0.25, 0.3) is 0 Å². The van der Waals surface area contributed by atoms with E-state index in [1.165, 1.54) is 4.31 Å². The lowest BCUT2D eigenvalue weighted by atomic mass is 9.69. The largest absolute Gasteiger partial charge is 0.488 e. The van der Waals surface area contributed by atoms with E-state index in [0.717, 1.165) is 45.7 Å². The first kappa shape index (κ1) is 36.5. The van der Waals surface area contributed by atoms with E-state index in [-0.39, 0.29) is 24.1 Å². The first-order chi connectivity index (χ1) is 23.0. The third-order valence-corrected chi connectivity index (χ3v) is 11.5. The SMILES string of the molecule is CC[C@@H]1CN(Cc2cc([C@@H](c3ccc4c(c3C)NN(C)N4CC)C(C)(C)C(=O)NCCC(F)(F)F)ccc2C)S(=O)(=O)c2ccccc2O1. The number of carbonyl (C=O) groups is 1. The Morgan fingerprint density at radius 1 is 1.08 bits per heavy atom. The Morgan fingerprint density at radius 2 is 1.80 bits per heavy atom. The molecule has 2 aliphatic heterocycles. The average Bonchev–Trinajstić information content (AvgIpc) is 3.32. The van der Waals surface area contributed by atoms with Crippen molar-refractivity contribution in [1.29, 1.82) is 0 Å². The molecule has 13 heteroatoms. The summed E-state index contributed by atoms with van der Waals surface area (Å²) < 4.78 is 74.6. The lowest BCUT2D eigenvalue weighted by Gasteiger charge is -2.36. The molecule has 2 aliphatic rings. The number of alkyl halides is 3. The van der Waals surface area contributed by atoms with Crippen molar-refractivity contribution in [3.63, 3.8) is 0 Å². The Kier molecular flexibility index (Phi) is 10.3. The average molecular weight is 702 g/mol. The minimum atomic E-state index is -4.40. The maximum atomic E-state index is 14.0. The van der Waals surface area contributed by atoms with Crippen LogP contribution < -0.4 is 20.5 Å². The number of hydrazine groups is 2. The number of hydrogen-bond acceptors (Lipinski definition) is 7. The van der Waals surface area contributed by atoms with Gasteiger partial charge < -0.3 is 10.1 Å². The molecule has 3 aromatic carbocycles. The van der Waals surface area contributed by atoms with E-state index in [2.05, 4.69) is 15.8 Å². The topological polar surface area (TPSA) is 94.2 Å². The molecule has 3 aromatic rings. The standard InChI is InChI=1S/C36H46F3N5O4S/c1-8-27-22-43(49(46,47)31-13-11-10-12-30(31)48-27)21-26-20-25(15-14-23(26)3)32(35(5,6)34(45)40-19-18-36(37,38)39)28-16-17-29-33(24(28)4)41-42(7)44(29)9-2/h10-17,20,27,32,41H,8-9,18-19,21-22H2,1-7H3,(H,40,45)/t27-,32+/m1/s1. The van der Waals surface area contributed by atoms with Gasteiger partial charge in [-0.25, -0.2) is 8.42 Å². The van der Waals surface area contributed by atoms with Gasteiger partial charge in [-0.15, -0.1) is 5.12 Å². The summed E-state index contributed by atoms with van der Waals surface area (Å²) in [7, 11) is -2.01. The highest BCUT2D eigenvalue weighted by Gasteiger charge is 2.42. The monoisotopic (exact) mass is 701 g/mol. The molecule has 0 radical (unpaired) electrons. The van der Waals surface area contributed by atoms with Crippen molar-refractivity contribution >= 4 is 27.3 Å². The molecule has 0 spiro atoms. The zero-order chi connectivity index (χ0) is 35.9. The van der Waals surface area contributed by atoms with Gasteiger partial charge in [-0.2, -0.15) is 17.5 Å². The van der Waals surface area contributed by atoms with E-state index in [0.29, 0.717) is 12.2 Å². The Morgan fingerprint density at radius 3 is 2.47 bits per heavy atom. The molecule has 2 N–H and O–H groups in total. The van der Waals surface area contributed by atoms with Crippen LogP contribution in [0, 0.1) is 19.3 Å². The van der Waals surface area contributed by atoms with E-state index in [1.807, 2.05) is 70.2 Å². The molecule has 5 rings (SSSR count). The summed E-state index contributed by atoms with van der Waals surface area (Å²) >= 11 is 0. The molecule has 0 unspecified atom stereocenters. The number of nitrogens with one attached hydrogen (secondary N) is 2. The first-order valence-electron chi connectivity index (χ1n) is 16.6. The van der Waals surface area contributed by atoms with Gasteiger partial charge in [0.05, 0.1) is 29.8 Å². The van der Waals surface area contributed by atoms with Crippen LogP contribution in [0.15, 0.2) is 59.5 Å². The van der Waals surface area contributed by atoms with Gasteiger partial charge in [0.25, 0.3) is 0 Å². The van der Waals surface area contributed by atoms with Crippen LogP contribution in [0.2, 0.25) is 0 Å². The Balaban J connectivity index is 1.59. The van der Waals surface area contributed by atoms with Crippen molar-refractivity contribution in [2.24, 2.45) is 5.41 Å². The maximum Gasteiger partial charge on any atom is 0.390 e. The maximum absolute atomic E-state index is 14.0. The predicted molar refractivity (Wildman–Crippen MR) is 185 cm³/mol. The number of hydrogen-bond donors (Lipinski definition) is 2. The van der Waals surface area contributed by atoms with Gasteiger partial charge in [0.1, 0.15) is 16.7 Å². The molecule has 49 heavy (non-hydrogen) atoms. The summed E-state index contributed by atoms with van der Waals surface area (Å²) in [4.78, 5) is 13.9. The number of fused-ring (bicyclic) bond motifs is 2. The normalized spacial score (nSPS) is 18.6. The van der Waals surface area contributed by atoms with E-state index < -0.39 is 46.4 Å². The lowest BCUT2D eigenvalue weighted by Crippen LogP contribution is -2.42. The zero-order valence-corrected chi connectivity index (χ0v) is 29.9. The molecule has 0 saturated carbocycles. The van der Waals surface area contributed by atoms with Crippen molar-refractivity contribution in [3.8, 4) is 5.75 Å². The Labute approximate surface area is 287 Å². The molecule has 0 saturated heterocycles. The van der Waals surface area contributed by atoms with Gasteiger partial charge in [0.15, 0.2) is 0 Å². The fraction of sp³-hybridized carbons (Fsp3) is 0.472. The number of nitrogens with zero attached hydrogens (tertiary/aromatic N) is 3. The molecule has 0 fully saturated rings. The highest BCUT2D eigenvalue weighted by molar-refractivity contribution is 7.89. The molecule has 266 valence electrons. The Hall–Kier alpha value is -3.81. The van der Waals surface area contributed by atoms with Crippen molar-refractivity contribution in [3.05, 3.63) is 82.4 Å². The molecular weight excluding hydrogens is 655 g/mol. The highest BCUT2D eigenvalue weighted by atomic mass is 32.2. The Bertz CT molecular complexity index is 1810. The van der Waals surface area contributed by atoms with Crippen LogP contribution in [0.4, 0.5) is 24.5 Å². The number of ether oxygens (including phenoxy) is 1. The molecule has 0 bridgehead atoms. The zero-order valence-electron chi connectivity index (χ0n) is 29.1. The minimum absolute atomic E-state index is 0.0715. The van der Waals surface area contributed by atoms with E-state index in [4.69, 9.17) is 4.74 Å². The van der Waals surface area contributed by atoms with Gasteiger partial charge in [0.2, 0.25) is 15.9 Å². The summed E-state index contributed by atoms with van der Waals surface area (Å²) in [6, 6.07) is 16.4. The number of anilines is 2. The molecule has 0 aliphatic carbocycles. The van der Waals surface area contributed by atoms with Gasteiger partial charge in [-0.1, -0.05) is 57.2 Å². The van der Waals surface area contributed by atoms with Crippen LogP contribution in [0.5, 0.6) is 5.75 Å². The summed E-state index contributed by atoms with van der Waals surface area (Å²) in [5, 5.41) is 6.50. The minimum Gasteiger partial charge on any atom is -0.488 e. The van der Waals surface area contributed by atoms with Gasteiger partial charge in [-0.3, -0.25) is 15.2 Å². The number of carbonyl (C=O) groups excluding carboxylic acids is 1. The van der Waals surface area contributed by atoms with Crippen LogP contribution in [0.1, 0.15) is 74.3 Å². The van der Waals surface area contributed by atoms with E-state index in [1.54, 1.807) is 38.1 Å². The van der Waals surface area contributed by atoms with Crippen molar-refractivity contribution in [2.75, 3.05) is 37.1 Å². The van der Waals surface area contributed by atoms with Crippen LogP contribution in [-0.2, 0) is 21.4 Å². The van der Waals surface area contributed by atoms with Gasteiger partial charge in [0, 0.05) is 32.6 Å². The van der Waals surface area contributed by atoms with Crippen molar-refractivity contribution < 1.29 is 31.1 Å². The number of aryl methyl sites for hydroxylation is 1. The number of sulfonamides is 1. The van der Waals surface area contributed by atoms with Crippen molar-refractivity contribution in [1.82, 2.24) is 14.7 Å². The summed E-state index contributed by atoms with van der Waals surface area (Å²) in [5.74, 6) is -0.786. The fourth-order valence-electron chi connectivity index (χ4n) is 6.85. The molecule has 1 amide bonds. The second kappa shape index (κ2) is 13.8. The smallest absolute Gasteiger partial charge is 0.390 e. The summed E-state index contributed by atoms with van der Waals surface area (Å²) in [5.41, 5.74) is 8.14. The third-order valence-electron chi connectivity index (χ3n) is 9.69. The summed E-state index contributed by atoms with van der Waals surface area (Å²) in [6.45, 7) is 11.8. The second-order valence-electron chi connectivity index (χ2n) is 13.4. The third kappa shape index (κ3) is 7.25. The number of amides is 1.